The Balaban J connectivity index is 1.27. The maximum atomic E-state index is 14.5. The van der Waals surface area contributed by atoms with E-state index in [9.17, 15) is 32.4 Å². The molecule has 4 bridgehead atoms. The Morgan fingerprint density at radius 3 is 2.57 bits per heavy atom. The first kappa shape index (κ1) is 41.4. The third kappa shape index (κ3) is 9.63. The van der Waals surface area contributed by atoms with E-state index in [1.54, 1.807) is 25.7 Å². The molecule has 2 aliphatic carbocycles. The van der Waals surface area contributed by atoms with Crippen LogP contribution in [0.2, 0.25) is 0 Å². The van der Waals surface area contributed by atoms with Gasteiger partial charge in [0.1, 0.15) is 24.2 Å². The van der Waals surface area contributed by atoms with Crippen molar-refractivity contribution in [2.45, 2.75) is 121 Å². The van der Waals surface area contributed by atoms with Crippen molar-refractivity contribution in [3.05, 3.63) is 53.6 Å². The lowest BCUT2D eigenvalue weighted by Gasteiger charge is -2.31. The Morgan fingerprint density at radius 2 is 1.89 bits per heavy atom. The van der Waals surface area contributed by atoms with Crippen LogP contribution in [0.15, 0.2) is 36.9 Å². The average molecular weight is 798 g/mol. The molecule has 5 aliphatic rings. The Bertz CT molecular complexity index is 1890. The van der Waals surface area contributed by atoms with Gasteiger partial charge in [0, 0.05) is 32.0 Å². The molecule has 56 heavy (non-hydrogen) atoms. The van der Waals surface area contributed by atoms with E-state index < -0.39 is 79.7 Å². The second-order valence-electron chi connectivity index (χ2n) is 17.4. The smallest absolute Gasteiger partial charge is 0.407 e. The summed E-state index contributed by atoms with van der Waals surface area (Å²) in [6, 6.07) is 3.49. The SMILES string of the molecule is C=C[C@H]1C[C@]1(NC(=O)[C@@H]1C[C@@H]2CN1C(=O)[C@H](COC(C)(C)C)NC(=O)OCC(C)(C)CC/C=C/c1cccc3c1CN(C3)C(=O)CO2)C(=O)NS(=O)(=O)C1CC1. The number of allylic oxidation sites excluding steroid dienone is 1. The summed E-state index contributed by atoms with van der Waals surface area (Å²) in [6.07, 6.45) is 6.38. The summed E-state index contributed by atoms with van der Waals surface area (Å²) in [7, 11) is -3.92. The van der Waals surface area contributed by atoms with Gasteiger partial charge in [-0.3, -0.25) is 23.9 Å². The second-order valence-corrected chi connectivity index (χ2v) is 19.4. The monoisotopic (exact) mass is 797 g/mol. The first-order valence-electron chi connectivity index (χ1n) is 19.4. The van der Waals surface area contributed by atoms with Crippen molar-refractivity contribution in [1.29, 1.82) is 0 Å². The molecule has 1 aromatic carbocycles. The summed E-state index contributed by atoms with van der Waals surface area (Å²) in [6.45, 7) is 13.4. The van der Waals surface area contributed by atoms with Crippen molar-refractivity contribution in [2.24, 2.45) is 11.3 Å². The van der Waals surface area contributed by atoms with Gasteiger partial charge in [-0.2, -0.15) is 0 Å². The Labute approximate surface area is 329 Å². The summed E-state index contributed by atoms with van der Waals surface area (Å²) in [5, 5.41) is 4.74. The van der Waals surface area contributed by atoms with Crippen molar-refractivity contribution < 1.29 is 46.6 Å². The van der Waals surface area contributed by atoms with Crippen LogP contribution >= 0.6 is 0 Å². The van der Waals surface area contributed by atoms with E-state index in [4.69, 9.17) is 14.2 Å². The van der Waals surface area contributed by atoms with E-state index >= 15 is 0 Å². The largest absolute Gasteiger partial charge is 0.449 e. The number of hydrogen-bond donors (Lipinski definition) is 3. The Morgan fingerprint density at radius 1 is 1.14 bits per heavy atom. The number of fused-ring (bicyclic) bond motifs is 3. The number of hydrogen-bond acceptors (Lipinski definition) is 10. The highest BCUT2D eigenvalue weighted by Crippen LogP contribution is 2.45. The fraction of sp³-hybridized carbons (Fsp3) is 0.625. The Kier molecular flexibility index (Phi) is 11.8. The quantitative estimate of drug-likeness (QED) is 0.330. The fourth-order valence-electron chi connectivity index (χ4n) is 7.40. The minimum Gasteiger partial charge on any atom is -0.449 e. The van der Waals surface area contributed by atoms with Crippen LogP contribution in [0.3, 0.4) is 0 Å². The van der Waals surface area contributed by atoms with E-state index in [0.29, 0.717) is 38.8 Å². The second kappa shape index (κ2) is 15.9. The molecule has 5 atom stereocenters. The Hall–Kier alpha value is -4.28. The summed E-state index contributed by atoms with van der Waals surface area (Å²) in [5.74, 6) is -3.05. The first-order chi connectivity index (χ1) is 26.3. The number of alkyl carbamates (subject to hydrolysis) is 1. The molecule has 3 N–H and O–H groups in total. The topological polar surface area (TPSA) is 190 Å². The molecule has 2 saturated carbocycles. The number of sulfonamides is 1. The van der Waals surface area contributed by atoms with Crippen LogP contribution in [-0.2, 0) is 56.5 Å². The van der Waals surface area contributed by atoms with Crippen LogP contribution in [0.1, 0.15) is 89.8 Å². The van der Waals surface area contributed by atoms with Crippen molar-refractivity contribution in [1.82, 2.24) is 25.2 Å². The molecule has 1 aromatic rings. The summed E-state index contributed by atoms with van der Waals surface area (Å²) >= 11 is 0. The number of ether oxygens (including phenoxy) is 3. The molecule has 3 fully saturated rings. The molecule has 0 aromatic heterocycles. The molecule has 3 aliphatic heterocycles. The minimum absolute atomic E-state index is 0.0394. The number of amides is 5. The summed E-state index contributed by atoms with van der Waals surface area (Å²) in [4.78, 5) is 72.0. The van der Waals surface area contributed by atoms with Crippen LogP contribution in [0.4, 0.5) is 4.79 Å². The number of cyclic esters (lactones) is 1. The lowest BCUT2D eigenvalue weighted by atomic mass is 9.88. The highest BCUT2D eigenvalue weighted by Gasteiger charge is 2.62. The average Bonchev–Trinajstić information content (AvgIpc) is 4.02. The maximum absolute atomic E-state index is 14.5. The van der Waals surface area contributed by atoms with Gasteiger partial charge in [-0.1, -0.05) is 50.3 Å². The predicted molar refractivity (Wildman–Crippen MR) is 206 cm³/mol. The van der Waals surface area contributed by atoms with Gasteiger partial charge in [-0.25, -0.2) is 13.2 Å². The van der Waals surface area contributed by atoms with Crippen LogP contribution in [0.25, 0.3) is 6.08 Å². The fourth-order valence-corrected chi connectivity index (χ4v) is 8.76. The highest BCUT2D eigenvalue weighted by molar-refractivity contribution is 7.91. The normalized spacial score (nSPS) is 29.1. The molecule has 0 spiro atoms. The predicted octanol–water partition coefficient (Wildman–Crippen LogP) is 2.93. The number of benzene rings is 1. The van der Waals surface area contributed by atoms with Gasteiger partial charge in [0.2, 0.25) is 27.7 Å². The van der Waals surface area contributed by atoms with Gasteiger partial charge in [0.25, 0.3) is 5.91 Å². The van der Waals surface area contributed by atoms with Crippen LogP contribution in [0, 0.1) is 11.3 Å². The van der Waals surface area contributed by atoms with E-state index in [1.165, 1.54) is 11.0 Å². The lowest BCUT2D eigenvalue weighted by molar-refractivity contribution is -0.143. The number of rotatable bonds is 8. The van der Waals surface area contributed by atoms with Crippen LogP contribution < -0.4 is 15.4 Å². The lowest BCUT2D eigenvalue weighted by Crippen LogP contribution is -2.59. The summed E-state index contributed by atoms with van der Waals surface area (Å²) in [5.41, 5.74) is 0.431. The zero-order valence-electron chi connectivity index (χ0n) is 32.9. The molecule has 1 saturated heterocycles. The van der Waals surface area contributed by atoms with E-state index in [-0.39, 0.29) is 45.1 Å². The zero-order valence-corrected chi connectivity index (χ0v) is 33.7. The number of carbonyl (C=O) groups excluding carboxylic acids is 5. The van der Waals surface area contributed by atoms with Crippen molar-refractivity contribution >= 4 is 45.8 Å². The highest BCUT2D eigenvalue weighted by atomic mass is 32.2. The number of nitrogens with one attached hydrogen (secondary N) is 3. The molecule has 6 rings (SSSR count). The maximum Gasteiger partial charge on any atom is 0.407 e. The molecule has 15 nitrogen and oxygen atoms in total. The standard InChI is InChI=1S/C40H55N5O10S/c1-7-27-18-40(27,36(49)43-56(51,52)29-14-15-29)42-34(47)32-17-28-20-45(32)35(48)31(22-55-38(2,3)4)41-37(50)54-24-39(5,6)16-9-8-11-25-12-10-13-26-19-44(21-30(25)26)33(46)23-53-28/h7-8,10-13,27-29,31-32H,1,9,14-24H2,2-6H3,(H,41,50)(H,42,47)(H,43,49)/b11-8+/t27-,28+,31-,32-,40+/m0/s1. The van der Waals surface area contributed by atoms with E-state index in [0.717, 1.165) is 16.7 Å². The molecule has 3 heterocycles. The third-order valence-electron chi connectivity index (χ3n) is 11.1. The molecule has 0 unspecified atom stereocenters. The van der Waals surface area contributed by atoms with Gasteiger partial charge in [-0.15, -0.1) is 6.58 Å². The van der Waals surface area contributed by atoms with E-state index in [1.807, 2.05) is 32.0 Å². The molecular weight excluding hydrogens is 743 g/mol. The van der Waals surface area contributed by atoms with Crippen LogP contribution in [-0.4, -0.2) is 109 Å². The summed E-state index contributed by atoms with van der Waals surface area (Å²) < 4.78 is 45.3. The minimum atomic E-state index is -3.92. The third-order valence-corrected chi connectivity index (χ3v) is 12.9. The molecule has 5 amide bonds. The molecule has 0 radical (unpaired) electrons. The van der Waals surface area contributed by atoms with Crippen molar-refractivity contribution in [2.75, 3.05) is 26.4 Å². The van der Waals surface area contributed by atoms with Crippen molar-refractivity contribution in [3.8, 4) is 0 Å². The first-order valence-corrected chi connectivity index (χ1v) is 20.9. The van der Waals surface area contributed by atoms with Crippen LogP contribution in [0.5, 0.6) is 0 Å². The van der Waals surface area contributed by atoms with Gasteiger partial charge in [0.15, 0.2) is 0 Å². The van der Waals surface area contributed by atoms with Gasteiger partial charge in [-0.05, 0) is 75.0 Å². The van der Waals surface area contributed by atoms with E-state index in [2.05, 4.69) is 34.1 Å². The van der Waals surface area contributed by atoms with Crippen molar-refractivity contribution in [3.63, 3.8) is 0 Å². The number of carbonyl (C=O) groups is 5. The van der Waals surface area contributed by atoms with Gasteiger partial charge < -0.3 is 34.6 Å². The van der Waals surface area contributed by atoms with Gasteiger partial charge in [0.05, 0.1) is 30.2 Å². The molecular formula is C40H55N5O10S. The number of nitrogens with zero attached hydrogens (tertiary/aromatic N) is 2. The van der Waals surface area contributed by atoms with Gasteiger partial charge >= 0.3 is 6.09 Å². The molecule has 16 heteroatoms. The molecule has 306 valence electrons. The zero-order chi connectivity index (χ0) is 40.6.